The Balaban J connectivity index is 2.37. The summed E-state index contributed by atoms with van der Waals surface area (Å²) in [5.41, 5.74) is 2.29. The van der Waals surface area contributed by atoms with Crippen LogP contribution in [0.4, 0.5) is 0 Å². The van der Waals surface area contributed by atoms with E-state index < -0.39 is 6.10 Å². The fraction of sp³-hybridized carbons (Fsp3) is 0.357. The minimum Gasteiger partial charge on any atom is -0.365 e. The van der Waals surface area contributed by atoms with Gasteiger partial charge in [0, 0.05) is 6.54 Å². The molecule has 17 heavy (non-hydrogen) atoms. The maximum atomic E-state index is 11.6. The quantitative estimate of drug-likeness (QED) is 0.765. The third-order valence-electron chi connectivity index (χ3n) is 2.42. The first-order chi connectivity index (χ1) is 8.13. The summed E-state index contributed by atoms with van der Waals surface area (Å²) in [6.07, 6.45) is 1.18. The molecule has 0 radical (unpaired) electrons. The van der Waals surface area contributed by atoms with Gasteiger partial charge in [-0.1, -0.05) is 35.9 Å². The topological polar surface area (TPSA) is 38.3 Å². The molecular formula is C14H19NO2. The maximum Gasteiger partial charge on any atom is 0.249 e. The highest BCUT2D eigenvalue weighted by atomic mass is 16.5. The third kappa shape index (κ3) is 4.83. The number of hydrogen-bond acceptors (Lipinski definition) is 2. The second kappa shape index (κ2) is 6.86. The number of ether oxygens (including phenoxy) is 1. The normalized spacial score (nSPS) is 11.9. The predicted octanol–water partition coefficient (Wildman–Crippen LogP) is 2.20. The first-order valence-corrected chi connectivity index (χ1v) is 5.69. The van der Waals surface area contributed by atoms with E-state index in [9.17, 15) is 4.79 Å². The zero-order valence-electron chi connectivity index (χ0n) is 10.4. The molecule has 0 bridgehead atoms. The summed E-state index contributed by atoms with van der Waals surface area (Å²) in [4.78, 5) is 11.6. The SMILES string of the molecule is C=CCO[C@H](C)C(=O)NCc1ccc(C)cc1. The number of carbonyl (C=O) groups is 1. The van der Waals surface area contributed by atoms with Gasteiger partial charge < -0.3 is 10.1 Å². The summed E-state index contributed by atoms with van der Waals surface area (Å²) in [7, 11) is 0. The lowest BCUT2D eigenvalue weighted by molar-refractivity contribution is -0.131. The highest BCUT2D eigenvalue weighted by Gasteiger charge is 2.11. The van der Waals surface area contributed by atoms with Crippen molar-refractivity contribution < 1.29 is 9.53 Å². The van der Waals surface area contributed by atoms with Crippen LogP contribution in [0.2, 0.25) is 0 Å². The van der Waals surface area contributed by atoms with E-state index in [4.69, 9.17) is 4.74 Å². The molecule has 0 aromatic heterocycles. The van der Waals surface area contributed by atoms with Gasteiger partial charge in [0.25, 0.3) is 0 Å². The third-order valence-corrected chi connectivity index (χ3v) is 2.42. The van der Waals surface area contributed by atoms with Crippen molar-refractivity contribution in [1.29, 1.82) is 0 Å². The second-order valence-electron chi connectivity index (χ2n) is 3.97. The summed E-state index contributed by atoms with van der Waals surface area (Å²) in [5, 5.41) is 2.83. The van der Waals surface area contributed by atoms with E-state index in [2.05, 4.69) is 11.9 Å². The lowest BCUT2D eigenvalue weighted by Gasteiger charge is -2.12. The smallest absolute Gasteiger partial charge is 0.249 e. The second-order valence-corrected chi connectivity index (χ2v) is 3.97. The molecule has 0 aliphatic rings. The van der Waals surface area contributed by atoms with Gasteiger partial charge >= 0.3 is 0 Å². The number of nitrogens with one attached hydrogen (secondary N) is 1. The van der Waals surface area contributed by atoms with E-state index in [-0.39, 0.29) is 5.91 Å². The van der Waals surface area contributed by atoms with Crippen LogP contribution in [0.25, 0.3) is 0 Å². The van der Waals surface area contributed by atoms with E-state index in [0.717, 1.165) is 5.56 Å². The van der Waals surface area contributed by atoms with Gasteiger partial charge in [0.1, 0.15) is 6.10 Å². The van der Waals surface area contributed by atoms with Crippen molar-refractivity contribution in [2.45, 2.75) is 26.5 Å². The van der Waals surface area contributed by atoms with Gasteiger partial charge in [-0.3, -0.25) is 4.79 Å². The lowest BCUT2D eigenvalue weighted by atomic mass is 10.1. The van der Waals surface area contributed by atoms with Gasteiger partial charge in [-0.15, -0.1) is 6.58 Å². The molecule has 0 saturated carbocycles. The van der Waals surface area contributed by atoms with Crippen molar-refractivity contribution in [3.8, 4) is 0 Å². The molecule has 1 aromatic rings. The monoisotopic (exact) mass is 233 g/mol. The number of hydrogen-bond donors (Lipinski definition) is 1. The maximum absolute atomic E-state index is 11.6. The Morgan fingerprint density at radius 3 is 2.71 bits per heavy atom. The Kier molecular flexibility index (Phi) is 5.43. The first kappa shape index (κ1) is 13.5. The van der Waals surface area contributed by atoms with Crippen LogP contribution in [-0.4, -0.2) is 18.6 Å². The summed E-state index contributed by atoms with van der Waals surface area (Å²) < 4.78 is 5.23. The van der Waals surface area contributed by atoms with Crippen molar-refractivity contribution >= 4 is 5.91 Å². The standard InChI is InChI=1S/C14H19NO2/c1-4-9-17-12(3)14(16)15-10-13-7-5-11(2)6-8-13/h4-8,12H,1,9-10H2,2-3H3,(H,15,16)/t12-/m1/s1. The molecule has 0 heterocycles. The molecular weight excluding hydrogens is 214 g/mol. The van der Waals surface area contributed by atoms with Crippen LogP contribution in [0.1, 0.15) is 18.1 Å². The Labute approximate surface area is 102 Å². The van der Waals surface area contributed by atoms with E-state index in [1.54, 1.807) is 13.0 Å². The molecule has 0 unspecified atom stereocenters. The van der Waals surface area contributed by atoms with Gasteiger partial charge in [0.15, 0.2) is 0 Å². The number of carbonyl (C=O) groups excluding carboxylic acids is 1. The minimum absolute atomic E-state index is 0.104. The van der Waals surface area contributed by atoms with E-state index >= 15 is 0 Å². The largest absolute Gasteiger partial charge is 0.365 e. The van der Waals surface area contributed by atoms with E-state index in [1.807, 2.05) is 31.2 Å². The first-order valence-electron chi connectivity index (χ1n) is 5.69. The van der Waals surface area contributed by atoms with Crippen molar-refractivity contribution in [2.24, 2.45) is 0 Å². The number of aryl methyl sites for hydroxylation is 1. The van der Waals surface area contributed by atoms with Gasteiger partial charge in [0.2, 0.25) is 5.91 Å². The predicted molar refractivity (Wildman–Crippen MR) is 68.6 cm³/mol. The average molecular weight is 233 g/mol. The molecule has 0 aliphatic heterocycles. The molecule has 3 nitrogen and oxygen atoms in total. The highest BCUT2D eigenvalue weighted by molar-refractivity contribution is 5.80. The molecule has 1 atom stereocenters. The highest BCUT2D eigenvalue weighted by Crippen LogP contribution is 2.02. The molecule has 1 aromatic carbocycles. The average Bonchev–Trinajstić information content (AvgIpc) is 2.34. The van der Waals surface area contributed by atoms with Crippen molar-refractivity contribution in [3.05, 3.63) is 48.0 Å². The molecule has 0 fully saturated rings. The van der Waals surface area contributed by atoms with E-state index in [1.165, 1.54) is 5.56 Å². The van der Waals surface area contributed by atoms with Crippen molar-refractivity contribution in [3.63, 3.8) is 0 Å². The van der Waals surface area contributed by atoms with E-state index in [0.29, 0.717) is 13.2 Å². The Morgan fingerprint density at radius 2 is 2.12 bits per heavy atom. The number of rotatable bonds is 6. The Bertz CT molecular complexity index is 370. The lowest BCUT2D eigenvalue weighted by Crippen LogP contribution is -2.34. The van der Waals surface area contributed by atoms with Crippen LogP contribution in [-0.2, 0) is 16.1 Å². The van der Waals surface area contributed by atoms with Gasteiger partial charge in [-0.2, -0.15) is 0 Å². The van der Waals surface area contributed by atoms with Crippen LogP contribution in [0.5, 0.6) is 0 Å². The molecule has 0 saturated heterocycles. The summed E-state index contributed by atoms with van der Waals surface area (Å²) in [5.74, 6) is -0.104. The Morgan fingerprint density at radius 1 is 1.47 bits per heavy atom. The molecule has 1 rings (SSSR count). The molecule has 0 spiro atoms. The summed E-state index contributed by atoms with van der Waals surface area (Å²) in [6, 6.07) is 8.06. The summed E-state index contributed by atoms with van der Waals surface area (Å²) >= 11 is 0. The molecule has 92 valence electrons. The van der Waals surface area contributed by atoms with Crippen LogP contribution >= 0.6 is 0 Å². The van der Waals surface area contributed by atoms with Crippen LogP contribution < -0.4 is 5.32 Å². The Hall–Kier alpha value is -1.61. The fourth-order valence-electron chi connectivity index (χ4n) is 1.33. The van der Waals surface area contributed by atoms with Crippen molar-refractivity contribution in [1.82, 2.24) is 5.32 Å². The van der Waals surface area contributed by atoms with Crippen LogP contribution in [0, 0.1) is 6.92 Å². The number of benzene rings is 1. The fourth-order valence-corrected chi connectivity index (χ4v) is 1.33. The van der Waals surface area contributed by atoms with Gasteiger partial charge in [-0.05, 0) is 19.4 Å². The molecule has 1 N–H and O–H groups in total. The van der Waals surface area contributed by atoms with Crippen LogP contribution in [0.3, 0.4) is 0 Å². The minimum atomic E-state index is -0.446. The van der Waals surface area contributed by atoms with Gasteiger partial charge in [-0.25, -0.2) is 0 Å². The molecule has 1 amide bonds. The zero-order valence-corrected chi connectivity index (χ0v) is 10.4. The zero-order chi connectivity index (χ0) is 12.7. The van der Waals surface area contributed by atoms with Crippen molar-refractivity contribution in [2.75, 3.05) is 6.61 Å². The summed E-state index contributed by atoms with van der Waals surface area (Å²) in [6.45, 7) is 8.22. The molecule has 3 heteroatoms. The van der Waals surface area contributed by atoms with Crippen LogP contribution in [0.15, 0.2) is 36.9 Å². The van der Waals surface area contributed by atoms with Gasteiger partial charge in [0.05, 0.1) is 6.61 Å². The number of amides is 1. The molecule has 0 aliphatic carbocycles.